The van der Waals surface area contributed by atoms with Crippen molar-refractivity contribution < 1.29 is 14.3 Å². The van der Waals surface area contributed by atoms with Gasteiger partial charge in [0.05, 0.1) is 0 Å². The first kappa shape index (κ1) is 16.7. The van der Waals surface area contributed by atoms with Crippen molar-refractivity contribution in [3.05, 3.63) is 66.0 Å². The third-order valence-corrected chi connectivity index (χ3v) is 3.19. The van der Waals surface area contributed by atoms with Gasteiger partial charge < -0.3 is 14.8 Å². The number of benzene rings is 1. The van der Waals surface area contributed by atoms with Gasteiger partial charge in [0.2, 0.25) is 5.91 Å². The van der Waals surface area contributed by atoms with Crippen molar-refractivity contribution in [2.45, 2.75) is 13.5 Å². The van der Waals surface area contributed by atoms with Gasteiger partial charge in [-0.2, -0.15) is 0 Å². The molecule has 1 aromatic heterocycles. The molecule has 2 aromatic rings. The number of ether oxygens (including phenoxy) is 2. The molecule has 5 heteroatoms. The highest BCUT2D eigenvalue weighted by Crippen LogP contribution is 2.18. The van der Waals surface area contributed by atoms with Crippen LogP contribution in [0, 0.1) is 0 Å². The third-order valence-electron chi connectivity index (χ3n) is 3.19. The Kier molecular flexibility index (Phi) is 6.32. The Morgan fingerprint density at radius 2 is 2.04 bits per heavy atom. The highest BCUT2D eigenvalue weighted by Gasteiger charge is 2.02. The number of nitrogens with one attached hydrogen (secondary N) is 1. The number of aromatic nitrogens is 1. The van der Waals surface area contributed by atoms with Crippen LogP contribution in [0.15, 0.2) is 54.9 Å². The zero-order valence-electron chi connectivity index (χ0n) is 13.3. The van der Waals surface area contributed by atoms with Crippen LogP contribution in [0.1, 0.15) is 18.1 Å². The Hall–Kier alpha value is -2.66. The largest absolute Gasteiger partial charge is 0.468 e. The fraction of sp³-hybridized carbons (Fsp3) is 0.222. The molecular weight excluding hydrogens is 292 g/mol. The van der Waals surface area contributed by atoms with E-state index in [-0.39, 0.29) is 12.7 Å². The summed E-state index contributed by atoms with van der Waals surface area (Å²) in [5.41, 5.74) is 2.81. The van der Waals surface area contributed by atoms with E-state index in [0.29, 0.717) is 6.54 Å². The highest BCUT2D eigenvalue weighted by molar-refractivity contribution is 5.94. The van der Waals surface area contributed by atoms with Crippen molar-refractivity contribution in [2.24, 2.45) is 0 Å². The van der Waals surface area contributed by atoms with Crippen molar-refractivity contribution in [3.63, 3.8) is 0 Å². The van der Waals surface area contributed by atoms with E-state index >= 15 is 0 Å². The van der Waals surface area contributed by atoms with Crippen LogP contribution >= 0.6 is 0 Å². The van der Waals surface area contributed by atoms with Gasteiger partial charge in [-0.3, -0.25) is 9.78 Å². The molecule has 0 radical (unpaired) electrons. The Morgan fingerprint density at radius 3 is 2.70 bits per heavy atom. The normalized spacial score (nSPS) is 11.1. The number of pyridine rings is 1. The van der Waals surface area contributed by atoms with Gasteiger partial charge in [0.15, 0.2) is 6.79 Å². The monoisotopic (exact) mass is 312 g/mol. The van der Waals surface area contributed by atoms with Gasteiger partial charge in [0.1, 0.15) is 5.75 Å². The molecule has 1 heterocycles. The molecule has 120 valence electrons. The van der Waals surface area contributed by atoms with E-state index < -0.39 is 0 Å². The zero-order valence-corrected chi connectivity index (χ0v) is 13.3. The lowest BCUT2D eigenvalue weighted by molar-refractivity contribution is -0.116. The summed E-state index contributed by atoms with van der Waals surface area (Å²) in [4.78, 5) is 16.0. The van der Waals surface area contributed by atoms with Gasteiger partial charge in [-0.15, -0.1) is 0 Å². The smallest absolute Gasteiger partial charge is 0.244 e. The van der Waals surface area contributed by atoms with E-state index in [4.69, 9.17) is 9.47 Å². The minimum atomic E-state index is -0.133. The van der Waals surface area contributed by atoms with Gasteiger partial charge in [0, 0.05) is 32.1 Å². The topological polar surface area (TPSA) is 60.5 Å². The number of rotatable bonds is 7. The van der Waals surface area contributed by atoms with Crippen LogP contribution in [0.4, 0.5) is 0 Å². The molecule has 1 N–H and O–H groups in total. The molecule has 0 unspecified atom stereocenters. The maximum atomic E-state index is 12.0. The number of methoxy groups -OCH3 is 1. The molecule has 0 aliphatic carbocycles. The first-order valence-electron chi connectivity index (χ1n) is 7.26. The fourth-order valence-corrected chi connectivity index (χ4v) is 1.96. The average Bonchev–Trinajstić information content (AvgIpc) is 2.59. The molecule has 0 fully saturated rings. The lowest BCUT2D eigenvalue weighted by Gasteiger charge is -2.07. The van der Waals surface area contributed by atoms with Crippen molar-refractivity contribution in [2.75, 3.05) is 13.9 Å². The molecule has 1 amide bonds. The Balaban J connectivity index is 1.91. The molecule has 0 spiro atoms. The second-order valence-electron chi connectivity index (χ2n) is 4.98. The Bertz CT molecular complexity index is 652. The van der Waals surface area contributed by atoms with E-state index in [9.17, 15) is 4.79 Å². The van der Waals surface area contributed by atoms with E-state index in [1.807, 2.05) is 43.3 Å². The summed E-state index contributed by atoms with van der Waals surface area (Å²) in [6, 6.07) is 11.3. The van der Waals surface area contributed by atoms with Gasteiger partial charge in [-0.05, 0) is 41.8 Å². The maximum Gasteiger partial charge on any atom is 0.244 e. The number of hydrogen-bond donors (Lipinski definition) is 1. The minimum absolute atomic E-state index is 0.133. The molecule has 5 nitrogen and oxygen atoms in total. The standard InChI is InChI=1S/C18H20N2O3/c1-14(16-5-7-17(8-6-16)23-13-22-2)10-18(21)20-12-15-4-3-9-19-11-15/h3-11H,12-13H2,1-2H3,(H,20,21). The molecule has 0 aliphatic heterocycles. The number of carbonyl (C=O) groups is 1. The van der Waals surface area contributed by atoms with E-state index in [1.165, 1.54) is 0 Å². The lowest BCUT2D eigenvalue weighted by Crippen LogP contribution is -2.20. The summed E-state index contributed by atoms with van der Waals surface area (Å²) in [5.74, 6) is 0.593. The SMILES string of the molecule is COCOc1ccc(C(C)=CC(=O)NCc2cccnc2)cc1. The van der Waals surface area contributed by atoms with Crippen molar-refractivity contribution >= 4 is 11.5 Å². The molecule has 0 bridgehead atoms. The van der Waals surface area contributed by atoms with Crippen LogP contribution < -0.4 is 10.1 Å². The van der Waals surface area contributed by atoms with Crippen LogP contribution in [0.3, 0.4) is 0 Å². The van der Waals surface area contributed by atoms with Crippen LogP contribution in [0.5, 0.6) is 5.75 Å². The van der Waals surface area contributed by atoms with Crippen molar-refractivity contribution in [1.82, 2.24) is 10.3 Å². The molecule has 1 aromatic carbocycles. The quantitative estimate of drug-likeness (QED) is 0.631. The molecule has 23 heavy (non-hydrogen) atoms. The van der Waals surface area contributed by atoms with Crippen LogP contribution in [-0.2, 0) is 16.1 Å². The fourth-order valence-electron chi connectivity index (χ4n) is 1.96. The summed E-state index contributed by atoms with van der Waals surface area (Å²) < 4.78 is 10.2. The number of allylic oxidation sites excluding steroid dienone is 1. The van der Waals surface area contributed by atoms with E-state index in [2.05, 4.69) is 10.3 Å². The Morgan fingerprint density at radius 1 is 1.26 bits per heavy atom. The predicted molar refractivity (Wildman–Crippen MR) is 88.7 cm³/mol. The summed E-state index contributed by atoms with van der Waals surface area (Å²) in [6.07, 6.45) is 5.02. The predicted octanol–water partition coefficient (Wildman–Crippen LogP) is 2.78. The highest BCUT2D eigenvalue weighted by atomic mass is 16.7. The van der Waals surface area contributed by atoms with E-state index in [0.717, 1.165) is 22.4 Å². The molecule has 2 rings (SSSR count). The van der Waals surface area contributed by atoms with Crippen molar-refractivity contribution in [3.8, 4) is 5.75 Å². The number of amides is 1. The van der Waals surface area contributed by atoms with Crippen LogP contribution in [0.2, 0.25) is 0 Å². The average molecular weight is 312 g/mol. The summed E-state index contributed by atoms with van der Waals surface area (Å²) in [5, 5.41) is 2.84. The molecular formula is C18H20N2O3. The number of carbonyl (C=O) groups excluding carboxylic acids is 1. The van der Waals surface area contributed by atoms with Gasteiger partial charge in [-0.25, -0.2) is 0 Å². The second kappa shape index (κ2) is 8.70. The van der Waals surface area contributed by atoms with Crippen LogP contribution in [-0.4, -0.2) is 24.8 Å². The maximum absolute atomic E-state index is 12.0. The first-order valence-corrected chi connectivity index (χ1v) is 7.26. The summed E-state index contributed by atoms with van der Waals surface area (Å²) in [7, 11) is 1.57. The van der Waals surface area contributed by atoms with E-state index in [1.54, 1.807) is 25.6 Å². The van der Waals surface area contributed by atoms with Gasteiger partial charge in [-0.1, -0.05) is 18.2 Å². The van der Waals surface area contributed by atoms with Gasteiger partial charge in [0.25, 0.3) is 0 Å². The van der Waals surface area contributed by atoms with Crippen LogP contribution in [0.25, 0.3) is 5.57 Å². The summed E-state index contributed by atoms with van der Waals surface area (Å²) >= 11 is 0. The minimum Gasteiger partial charge on any atom is -0.468 e. The summed E-state index contributed by atoms with van der Waals surface area (Å²) in [6.45, 7) is 2.57. The molecule has 0 atom stereocenters. The first-order chi connectivity index (χ1) is 11.2. The number of nitrogens with zero attached hydrogens (tertiary/aromatic N) is 1. The third kappa shape index (κ3) is 5.56. The molecule has 0 saturated carbocycles. The second-order valence-corrected chi connectivity index (χ2v) is 4.98. The van der Waals surface area contributed by atoms with Gasteiger partial charge >= 0.3 is 0 Å². The number of hydrogen-bond acceptors (Lipinski definition) is 4. The molecule has 0 saturated heterocycles. The Labute approximate surface area is 136 Å². The van der Waals surface area contributed by atoms with Crippen molar-refractivity contribution in [1.29, 1.82) is 0 Å². The lowest BCUT2D eigenvalue weighted by atomic mass is 10.1. The zero-order chi connectivity index (χ0) is 16.5. The molecule has 0 aliphatic rings.